The van der Waals surface area contributed by atoms with E-state index in [4.69, 9.17) is 4.74 Å². The van der Waals surface area contributed by atoms with Gasteiger partial charge >= 0.3 is 5.97 Å². The van der Waals surface area contributed by atoms with Gasteiger partial charge in [-0.25, -0.2) is 4.79 Å². The summed E-state index contributed by atoms with van der Waals surface area (Å²) in [6.07, 6.45) is 0.149. The van der Waals surface area contributed by atoms with Crippen molar-refractivity contribution in [1.29, 1.82) is 0 Å². The lowest BCUT2D eigenvalue weighted by Crippen LogP contribution is -2.30. The molecule has 0 spiro atoms. The molecule has 2 heterocycles. The van der Waals surface area contributed by atoms with Crippen LogP contribution in [0.2, 0.25) is 0 Å². The van der Waals surface area contributed by atoms with Crippen molar-refractivity contribution >= 4 is 40.0 Å². The van der Waals surface area contributed by atoms with Crippen molar-refractivity contribution in [3.63, 3.8) is 0 Å². The maximum Gasteiger partial charge on any atom is 0.342 e. The first-order valence-electron chi connectivity index (χ1n) is 10.5. The van der Waals surface area contributed by atoms with E-state index >= 15 is 0 Å². The highest BCUT2D eigenvalue weighted by molar-refractivity contribution is 7.00. The van der Waals surface area contributed by atoms with Crippen LogP contribution in [-0.2, 0) is 21.7 Å². The number of rotatable bonds is 5. The Hall–Kier alpha value is -3.95. The highest BCUT2D eigenvalue weighted by Crippen LogP contribution is 2.45. The van der Waals surface area contributed by atoms with Gasteiger partial charge in [-0.2, -0.15) is 8.75 Å². The minimum absolute atomic E-state index is 0.0393. The molecule has 4 aromatic rings. The Labute approximate surface area is 198 Å². The Kier molecular flexibility index (Phi) is 5.22. The van der Waals surface area contributed by atoms with Gasteiger partial charge in [-0.3, -0.25) is 10.1 Å². The van der Waals surface area contributed by atoms with E-state index in [0.29, 0.717) is 33.3 Å². The smallest absolute Gasteiger partial charge is 0.342 e. The average Bonchev–Trinajstić information content (AvgIpc) is 3.38. The molecule has 0 radical (unpaired) electrons. The van der Waals surface area contributed by atoms with Gasteiger partial charge in [0.05, 0.1) is 22.2 Å². The highest BCUT2D eigenvalue weighted by atomic mass is 32.1. The van der Waals surface area contributed by atoms with Crippen molar-refractivity contribution in [3.8, 4) is 0 Å². The van der Waals surface area contributed by atoms with Crippen LogP contribution in [0.15, 0.2) is 66.2 Å². The molecule has 3 aromatic carbocycles. The molecule has 0 aliphatic carbocycles. The number of nitro benzene ring substituents is 1. The molecule has 1 N–H and O–H groups in total. The molecule has 5 rings (SSSR count). The quantitative estimate of drug-likeness (QED) is 0.256. The lowest BCUT2D eigenvalue weighted by molar-refractivity contribution is -0.384. The SMILES string of the molecule is Cc1ccc(C2(O)OC(=O)C(c3ccc4nsnc4c3)=C2Cc2ccc([N+](=O)[O-])cc2)cc1C. The lowest BCUT2D eigenvalue weighted by atomic mass is 9.87. The van der Waals surface area contributed by atoms with Crippen LogP contribution in [0, 0.1) is 24.0 Å². The summed E-state index contributed by atoms with van der Waals surface area (Å²) >= 11 is 1.07. The van der Waals surface area contributed by atoms with Gasteiger partial charge in [0.25, 0.3) is 11.5 Å². The van der Waals surface area contributed by atoms with Crippen LogP contribution in [0.3, 0.4) is 0 Å². The summed E-state index contributed by atoms with van der Waals surface area (Å²) in [7, 11) is 0. The summed E-state index contributed by atoms with van der Waals surface area (Å²) in [5.41, 5.74) is 5.58. The fourth-order valence-corrected chi connectivity index (χ4v) is 4.62. The van der Waals surface area contributed by atoms with Crippen LogP contribution < -0.4 is 0 Å². The first kappa shape index (κ1) is 21.9. The zero-order valence-corrected chi connectivity index (χ0v) is 19.1. The molecular weight excluding hydrogens is 454 g/mol. The first-order chi connectivity index (χ1) is 16.3. The van der Waals surface area contributed by atoms with E-state index in [1.807, 2.05) is 19.9 Å². The summed E-state index contributed by atoms with van der Waals surface area (Å²) in [5, 5.41) is 22.8. The van der Waals surface area contributed by atoms with Crippen molar-refractivity contribution in [1.82, 2.24) is 8.75 Å². The standard InChI is InChI=1S/C25H19N3O5S/c1-14-3-7-18(11-15(14)2)25(30)20(12-16-4-8-19(9-5-16)28(31)32)23(24(29)33-25)17-6-10-21-22(13-17)27-34-26-21/h3-11,13,30H,12H2,1-2H3. The summed E-state index contributed by atoms with van der Waals surface area (Å²) in [6.45, 7) is 3.88. The number of benzene rings is 3. The second-order valence-electron chi connectivity index (χ2n) is 8.25. The number of hydrogen-bond donors (Lipinski definition) is 1. The monoisotopic (exact) mass is 473 g/mol. The average molecular weight is 474 g/mol. The van der Waals surface area contributed by atoms with Crippen LogP contribution in [0.1, 0.15) is 27.8 Å². The largest absolute Gasteiger partial charge is 0.421 e. The summed E-state index contributed by atoms with van der Waals surface area (Å²) in [4.78, 5) is 23.7. The molecule has 8 nitrogen and oxygen atoms in total. The van der Waals surface area contributed by atoms with E-state index < -0.39 is 16.7 Å². The van der Waals surface area contributed by atoms with E-state index in [-0.39, 0.29) is 17.7 Å². The summed E-state index contributed by atoms with van der Waals surface area (Å²) in [5.74, 6) is -2.64. The van der Waals surface area contributed by atoms with Gasteiger partial charge < -0.3 is 9.84 Å². The molecular formula is C25H19N3O5S. The van der Waals surface area contributed by atoms with E-state index in [9.17, 15) is 20.0 Å². The topological polar surface area (TPSA) is 115 Å². The number of carbonyl (C=O) groups excluding carboxylic acids is 1. The fourth-order valence-electron chi connectivity index (χ4n) is 4.10. The minimum atomic E-state index is -1.98. The maximum atomic E-state index is 13.2. The van der Waals surface area contributed by atoms with Crippen molar-refractivity contribution in [2.75, 3.05) is 0 Å². The van der Waals surface area contributed by atoms with Gasteiger partial charge in [0, 0.05) is 29.7 Å². The number of aliphatic hydroxyl groups is 1. The summed E-state index contributed by atoms with van der Waals surface area (Å²) in [6, 6.07) is 16.7. The van der Waals surface area contributed by atoms with Crippen molar-refractivity contribution in [2.24, 2.45) is 0 Å². The van der Waals surface area contributed by atoms with Crippen LogP contribution in [0.5, 0.6) is 0 Å². The van der Waals surface area contributed by atoms with Crippen molar-refractivity contribution in [3.05, 3.63) is 104 Å². The van der Waals surface area contributed by atoms with Crippen molar-refractivity contribution in [2.45, 2.75) is 26.1 Å². The van der Waals surface area contributed by atoms with Crippen LogP contribution in [0.25, 0.3) is 16.6 Å². The molecule has 34 heavy (non-hydrogen) atoms. The van der Waals surface area contributed by atoms with Crippen LogP contribution in [0.4, 0.5) is 5.69 Å². The highest BCUT2D eigenvalue weighted by Gasteiger charge is 2.48. The lowest BCUT2D eigenvalue weighted by Gasteiger charge is -2.26. The van der Waals surface area contributed by atoms with Crippen molar-refractivity contribution < 1.29 is 19.6 Å². The second kappa shape index (κ2) is 8.12. The molecule has 0 fully saturated rings. The Balaban J connectivity index is 1.69. The molecule has 1 unspecified atom stereocenters. The van der Waals surface area contributed by atoms with Gasteiger partial charge in [0.15, 0.2) is 0 Å². The Morgan fingerprint density at radius 3 is 2.44 bits per heavy atom. The number of hydrogen-bond acceptors (Lipinski definition) is 8. The Bertz CT molecular complexity index is 1490. The molecule has 1 aliphatic rings. The number of cyclic esters (lactones) is 1. The second-order valence-corrected chi connectivity index (χ2v) is 8.78. The third kappa shape index (κ3) is 3.64. The number of ether oxygens (including phenoxy) is 1. The fraction of sp³-hybridized carbons (Fsp3) is 0.160. The first-order valence-corrected chi connectivity index (χ1v) is 11.2. The molecule has 1 aliphatic heterocycles. The van der Waals surface area contributed by atoms with Crippen LogP contribution >= 0.6 is 11.7 Å². The predicted octanol–water partition coefficient (Wildman–Crippen LogP) is 4.61. The minimum Gasteiger partial charge on any atom is -0.421 e. The number of fused-ring (bicyclic) bond motifs is 1. The van der Waals surface area contributed by atoms with Gasteiger partial charge in [-0.15, -0.1) is 0 Å². The van der Waals surface area contributed by atoms with E-state index in [1.54, 1.807) is 42.5 Å². The normalized spacial score (nSPS) is 17.9. The molecule has 9 heteroatoms. The number of esters is 1. The number of carbonyl (C=O) groups is 1. The number of non-ortho nitro benzene ring substituents is 1. The molecule has 0 amide bonds. The number of aryl methyl sites for hydroxylation is 2. The van der Waals surface area contributed by atoms with Gasteiger partial charge in [-0.05, 0) is 54.3 Å². The molecule has 0 bridgehead atoms. The van der Waals surface area contributed by atoms with E-state index in [2.05, 4.69) is 8.75 Å². The molecule has 170 valence electrons. The molecule has 0 saturated carbocycles. The Morgan fingerprint density at radius 1 is 1.00 bits per heavy atom. The van der Waals surface area contributed by atoms with Gasteiger partial charge in [-0.1, -0.05) is 30.3 Å². The Morgan fingerprint density at radius 2 is 1.74 bits per heavy atom. The maximum absolute atomic E-state index is 13.2. The number of aromatic nitrogens is 2. The number of nitro groups is 1. The third-order valence-electron chi connectivity index (χ3n) is 6.12. The van der Waals surface area contributed by atoms with E-state index in [0.717, 1.165) is 22.9 Å². The zero-order chi connectivity index (χ0) is 24.0. The zero-order valence-electron chi connectivity index (χ0n) is 18.3. The van der Waals surface area contributed by atoms with E-state index in [1.165, 1.54) is 12.1 Å². The predicted molar refractivity (Wildman–Crippen MR) is 127 cm³/mol. The third-order valence-corrected chi connectivity index (χ3v) is 6.68. The van der Waals surface area contributed by atoms with Crippen LogP contribution in [-0.4, -0.2) is 24.7 Å². The molecule has 1 atom stereocenters. The number of nitrogens with zero attached hydrogens (tertiary/aromatic N) is 3. The molecule has 1 aromatic heterocycles. The van der Waals surface area contributed by atoms with Gasteiger partial charge in [0.1, 0.15) is 11.0 Å². The molecule has 0 saturated heterocycles. The summed E-state index contributed by atoms with van der Waals surface area (Å²) < 4.78 is 14.1. The van der Waals surface area contributed by atoms with Gasteiger partial charge in [0.2, 0.25) is 0 Å².